The highest BCUT2D eigenvalue weighted by molar-refractivity contribution is 6.30. The smallest absolute Gasteiger partial charge is 0.322 e. The first-order valence-electron chi connectivity index (χ1n) is 6.50. The number of hydrogen-bond donors (Lipinski definition) is 2. The fourth-order valence-corrected chi connectivity index (χ4v) is 2.19. The lowest BCUT2D eigenvalue weighted by Crippen LogP contribution is -2.43. The number of aromatic nitrogens is 3. The Morgan fingerprint density at radius 1 is 1.09 bits per heavy atom. The molecule has 22 heavy (non-hydrogen) atoms. The van der Waals surface area contributed by atoms with Gasteiger partial charge in [0.15, 0.2) is 0 Å². The molecule has 8 heteroatoms. The number of anilines is 1. The molecule has 0 aliphatic carbocycles. The molecule has 0 atom stereocenters. The van der Waals surface area contributed by atoms with Crippen LogP contribution in [0, 0.1) is 6.92 Å². The number of rotatable bonds is 3. The predicted octanol–water partition coefficient (Wildman–Crippen LogP) is 3.54. The van der Waals surface area contributed by atoms with Crippen molar-refractivity contribution < 1.29 is 4.79 Å². The van der Waals surface area contributed by atoms with Crippen molar-refractivity contribution in [2.75, 3.05) is 5.32 Å². The van der Waals surface area contributed by atoms with Gasteiger partial charge < -0.3 is 5.32 Å². The lowest BCUT2D eigenvalue weighted by molar-refractivity contribution is 0.241. The lowest BCUT2D eigenvalue weighted by Gasteiger charge is -2.26. The van der Waals surface area contributed by atoms with E-state index in [4.69, 9.17) is 23.2 Å². The molecule has 0 saturated carbocycles. The molecule has 0 fully saturated rings. The normalized spacial score (nSPS) is 11.1. The second-order valence-electron chi connectivity index (χ2n) is 5.19. The summed E-state index contributed by atoms with van der Waals surface area (Å²) in [5.74, 6) is 0.522. The molecule has 116 valence electrons. The van der Waals surface area contributed by atoms with Gasteiger partial charge in [0.05, 0.1) is 5.54 Å². The number of aryl methyl sites for hydroxylation is 1. The molecule has 0 aliphatic rings. The molecule has 0 saturated heterocycles. The lowest BCUT2D eigenvalue weighted by atomic mass is 9.94. The maximum absolute atomic E-state index is 12.1. The predicted molar refractivity (Wildman–Crippen MR) is 86.2 cm³/mol. The number of urea groups is 1. The van der Waals surface area contributed by atoms with Gasteiger partial charge in [0.2, 0.25) is 11.2 Å². The molecule has 2 aromatic rings. The number of carbonyl (C=O) groups is 1. The number of amides is 2. The van der Waals surface area contributed by atoms with Gasteiger partial charge in [-0.3, -0.25) is 5.32 Å². The number of nitrogens with zero attached hydrogens (tertiary/aromatic N) is 3. The summed E-state index contributed by atoms with van der Waals surface area (Å²) < 4.78 is 0. The van der Waals surface area contributed by atoms with Crippen LogP contribution in [0.5, 0.6) is 0 Å². The number of halogens is 2. The second kappa shape index (κ2) is 6.46. The summed E-state index contributed by atoms with van der Waals surface area (Å²) in [6.45, 7) is 5.41. The topological polar surface area (TPSA) is 79.8 Å². The minimum Gasteiger partial charge on any atom is -0.329 e. The minimum absolute atomic E-state index is 0.0276. The summed E-state index contributed by atoms with van der Waals surface area (Å²) in [4.78, 5) is 23.8. The third-order valence-electron chi connectivity index (χ3n) is 2.94. The largest absolute Gasteiger partial charge is 0.329 e. The summed E-state index contributed by atoms with van der Waals surface area (Å²) >= 11 is 11.6. The van der Waals surface area contributed by atoms with Gasteiger partial charge in [-0.25, -0.2) is 9.78 Å². The standard InChI is InChI=1S/C14H15Cl2N5O/c1-8-17-11(16)19-12(18-8)20-13(22)21-14(2,3)9-4-6-10(15)7-5-9/h4-7H,1-3H3,(H2,17,18,19,20,21,22). The van der Waals surface area contributed by atoms with Gasteiger partial charge >= 0.3 is 6.03 Å². The first-order valence-corrected chi connectivity index (χ1v) is 7.25. The maximum Gasteiger partial charge on any atom is 0.322 e. The molecule has 1 aromatic heterocycles. The Kier molecular flexibility index (Phi) is 4.83. The Morgan fingerprint density at radius 2 is 1.73 bits per heavy atom. The third-order valence-corrected chi connectivity index (χ3v) is 3.36. The molecule has 2 amide bonds. The molecule has 1 heterocycles. The molecule has 0 bridgehead atoms. The third kappa shape index (κ3) is 4.29. The Morgan fingerprint density at radius 3 is 2.32 bits per heavy atom. The zero-order valence-corrected chi connectivity index (χ0v) is 13.8. The van der Waals surface area contributed by atoms with Crippen LogP contribution < -0.4 is 10.6 Å². The zero-order valence-electron chi connectivity index (χ0n) is 12.3. The van der Waals surface area contributed by atoms with E-state index < -0.39 is 11.6 Å². The van der Waals surface area contributed by atoms with E-state index in [2.05, 4.69) is 25.6 Å². The Balaban J connectivity index is 2.08. The van der Waals surface area contributed by atoms with Gasteiger partial charge in [-0.15, -0.1) is 0 Å². The molecule has 0 aliphatic heterocycles. The molecule has 0 radical (unpaired) electrons. The van der Waals surface area contributed by atoms with Crippen LogP contribution in [0.2, 0.25) is 10.3 Å². The van der Waals surface area contributed by atoms with Crippen molar-refractivity contribution in [1.29, 1.82) is 0 Å². The molecule has 0 unspecified atom stereocenters. The summed E-state index contributed by atoms with van der Waals surface area (Å²) in [7, 11) is 0. The fourth-order valence-electron chi connectivity index (χ4n) is 1.86. The monoisotopic (exact) mass is 339 g/mol. The van der Waals surface area contributed by atoms with Crippen molar-refractivity contribution >= 4 is 35.2 Å². The van der Waals surface area contributed by atoms with E-state index in [0.717, 1.165) is 5.56 Å². The van der Waals surface area contributed by atoms with E-state index in [9.17, 15) is 4.79 Å². The van der Waals surface area contributed by atoms with Crippen molar-refractivity contribution in [1.82, 2.24) is 20.3 Å². The van der Waals surface area contributed by atoms with Gasteiger partial charge in [0.1, 0.15) is 5.82 Å². The van der Waals surface area contributed by atoms with E-state index in [1.54, 1.807) is 19.1 Å². The quantitative estimate of drug-likeness (QED) is 0.896. The van der Waals surface area contributed by atoms with Crippen LogP contribution in [-0.2, 0) is 5.54 Å². The van der Waals surface area contributed by atoms with Crippen molar-refractivity contribution in [2.45, 2.75) is 26.3 Å². The average molecular weight is 340 g/mol. The van der Waals surface area contributed by atoms with Crippen LogP contribution in [0.1, 0.15) is 25.2 Å². The highest BCUT2D eigenvalue weighted by atomic mass is 35.5. The van der Waals surface area contributed by atoms with Crippen molar-refractivity contribution in [3.05, 3.63) is 46.0 Å². The van der Waals surface area contributed by atoms with Gasteiger partial charge in [-0.05, 0) is 50.1 Å². The summed E-state index contributed by atoms with van der Waals surface area (Å²) in [6.07, 6.45) is 0. The zero-order chi connectivity index (χ0) is 16.3. The van der Waals surface area contributed by atoms with Crippen LogP contribution in [-0.4, -0.2) is 21.0 Å². The number of hydrogen-bond acceptors (Lipinski definition) is 4. The van der Waals surface area contributed by atoms with Crippen LogP contribution in [0.4, 0.5) is 10.7 Å². The average Bonchev–Trinajstić information content (AvgIpc) is 2.36. The number of carbonyl (C=O) groups excluding carboxylic acids is 1. The number of benzene rings is 1. The van der Waals surface area contributed by atoms with Crippen molar-refractivity contribution in [3.8, 4) is 0 Å². The SMILES string of the molecule is Cc1nc(Cl)nc(NC(=O)NC(C)(C)c2ccc(Cl)cc2)n1. The van der Waals surface area contributed by atoms with Crippen LogP contribution in [0.15, 0.2) is 24.3 Å². The Labute approximate surface area is 138 Å². The van der Waals surface area contributed by atoms with Crippen molar-refractivity contribution in [2.24, 2.45) is 0 Å². The van der Waals surface area contributed by atoms with Gasteiger partial charge in [-0.1, -0.05) is 23.7 Å². The second-order valence-corrected chi connectivity index (χ2v) is 5.96. The van der Waals surface area contributed by atoms with Gasteiger partial charge in [0.25, 0.3) is 0 Å². The molecule has 6 nitrogen and oxygen atoms in total. The Bertz CT molecular complexity index is 668. The molecular weight excluding hydrogens is 325 g/mol. The van der Waals surface area contributed by atoms with E-state index in [1.807, 2.05) is 26.0 Å². The summed E-state index contributed by atoms with van der Waals surface area (Å²) in [5, 5.41) is 6.05. The minimum atomic E-state index is -0.597. The summed E-state index contributed by atoms with van der Waals surface area (Å²) in [5.41, 5.74) is 0.317. The highest BCUT2D eigenvalue weighted by Gasteiger charge is 2.23. The Hall–Kier alpha value is -1.92. The van der Waals surface area contributed by atoms with E-state index in [0.29, 0.717) is 10.8 Å². The van der Waals surface area contributed by atoms with Crippen LogP contribution >= 0.6 is 23.2 Å². The first kappa shape index (κ1) is 16.5. The first-order chi connectivity index (χ1) is 10.3. The molecule has 2 N–H and O–H groups in total. The molecule has 0 spiro atoms. The molecule has 2 rings (SSSR count). The molecule has 1 aromatic carbocycles. The van der Waals surface area contributed by atoms with Gasteiger partial charge in [0, 0.05) is 5.02 Å². The van der Waals surface area contributed by atoms with E-state index in [-0.39, 0.29) is 11.2 Å². The van der Waals surface area contributed by atoms with Crippen LogP contribution in [0.3, 0.4) is 0 Å². The number of nitrogens with one attached hydrogen (secondary N) is 2. The summed E-state index contributed by atoms with van der Waals surface area (Å²) in [6, 6.07) is 6.81. The van der Waals surface area contributed by atoms with Gasteiger partial charge in [-0.2, -0.15) is 9.97 Å². The fraction of sp³-hybridized carbons (Fsp3) is 0.286. The van der Waals surface area contributed by atoms with E-state index >= 15 is 0 Å². The van der Waals surface area contributed by atoms with E-state index in [1.165, 1.54) is 0 Å². The maximum atomic E-state index is 12.1. The van der Waals surface area contributed by atoms with Crippen LogP contribution in [0.25, 0.3) is 0 Å². The van der Waals surface area contributed by atoms with Crippen molar-refractivity contribution in [3.63, 3.8) is 0 Å². The molecular formula is C14H15Cl2N5O. The highest BCUT2D eigenvalue weighted by Crippen LogP contribution is 2.22.